The lowest BCUT2D eigenvalue weighted by atomic mass is 9.96. The molecule has 6 heteroatoms. The molecule has 2 heterocycles. The Morgan fingerprint density at radius 2 is 1.58 bits per heavy atom. The van der Waals surface area contributed by atoms with Crippen molar-refractivity contribution >= 4 is 17.3 Å². The van der Waals surface area contributed by atoms with Crippen LogP contribution in [0.4, 0.5) is 15.8 Å². The summed E-state index contributed by atoms with van der Waals surface area (Å²) >= 11 is 0. The number of para-hydroxylation sites is 1. The standard InChI is InChI=1S/C27H28FN3O2/c28-24-18-20(10-11-25(24)31-14-2-1-9-26(31)32)23-8-4-7-22(27(23)33)19-5-3-6-21(17-19)30-15-12-29-13-16-30/h3-8,10-11,17-18,29,33H,1-2,9,12-16H2. The van der Waals surface area contributed by atoms with Gasteiger partial charge in [-0.2, -0.15) is 0 Å². The lowest BCUT2D eigenvalue weighted by Crippen LogP contribution is -2.43. The maximum atomic E-state index is 15.0. The molecule has 33 heavy (non-hydrogen) atoms. The van der Waals surface area contributed by atoms with E-state index < -0.39 is 5.82 Å². The molecule has 0 atom stereocenters. The first-order valence-electron chi connectivity index (χ1n) is 11.6. The van der Waals surface area contributed by atoms with Gasteiger partial charge in [-0.1, -0.05) is 36.4 Å². The van der Waals surface area contributed by atoms with E-state index in [9.17, 15) is 9.90 Å². The van der Waals surface area contributed by atoms with E-state index >= 15 is 4.39 Å². The van der Waals surface area contributed by atoms with Crippen molar-refractivity contribution < 1.29 is 14.3 Å². The fraction of sp³-hybridized carbons (Fsp3) is 0.296. The Bertz CT molecular complexity index is 1170. The third kappa shape index (κ3) is 4.31. The molecule has 0 saturated carbocycles. The number of piperidine rings is 1. The van der Waals surface area contributed by atoms with Crippen molar-refractivity contribution in [1.82, 2.24) is 5.32 Å². The monoisotopic (exact) mass is 445 g/mol. The second-order valence-electron chi connectivity index (χ2n) is 8.66. The number of phenolic OH excluding ortho intramolecular Hbond substituents is 1. The molecule has 0 aliphatic carbocycles. The van der Waals surface area contributed by atoms with Gasteiger partial charge < -0.3 is 20.2 Å². The zero-order chi connectivity index (χ0) is 22.8. The van der Waals surface area contributed by atoms with Crippen molar-refractivity contribution in [2.45, 2.75) is 19.3 Å². The van der Waals surface area contributed by atoms with Gasteiger partial charge in [0.05, 0.1) is 5.69 Å². The van der Waals surface area contributed by atoms with Crippen LogP contribution in [0.15, 0.2) is 60.7 Å². The van der Waals surface area contributed by atoms with E-state index in [1.54, 1.807) is 18.2 Å². The van der Waals surface area contributed by atoms with Crippen LogP contribution in [0, 0.1) is 5.82 Å². The summed E-state index contributed by atoms with van der Waals surface area (Å²) in [4.78, 5) is 16.1. The summed E-state index contributed by atoms with van der Waals surface area (Å²) in [7, 11) is 0. The zero-order valence-electron chi connectivity index (χ0n) is 18.6. The number of anilines is 2. The molecule has 0 spiro atoms. The van der Waals surface area contributed by atoms with Crippen molar-refractivity contribution in [2.24, 2.45) is 0 Å². The Kier molecular flexibility index (Phi) is 6.01. The summed E-state index contributed by atoms with van der Waals surface area (Å²) in [5.41, 5.74) is 4.21. The lowest BCUT2D eigenvalue weighted by molar-refractivity contribution is -0.119. The molecule has 3 aromatic rings. The largest absolute Gasteiger partial charge is 0.507 e. The number of hydrogen-bond acceptors (Lipinski definition) is 4. The number of phenols is 1. The minimum atomic E-state index is -0.451. The van der Waals surface area contributed by atoms with Gasteiger partial charge in [0.2, 0.25) is 5.91 Å². The molecule has 3 aromatic carbocycles. The second kappa shape index (κ2) is 9.24. The highest BCUT2D eigenvalue weighted by Crippen LogP contribution is 2.40. The van der Waals surface area contributed by atoms with Crippen LogP contribution in [0.2, 0.25) is 0 Å². The molecule has 1 amide bonds. The van der Waals surface area contributed by atoms with Crippen LogP contribution in [0.1, 0.15) is 19.3 Å². The van der Waals surface area contributed by atoms with Crippen molar-refractivity contribution in [3.05, 3.63) is 66.5 Å². The second-order valence-corrected chi connectivity index (χ2v) is 8.66. The molecule has 0 bridgehead atoms. The summed E-state index contributed by atoms with van der Waals surface area (Å²) in [6.07, 6.45) is 2.19. The van der Waals surface area contributed by atoms with Gasteiger partial charge in [-0.15, -0.1) is 0 Å². The summed E-state index contributed by atoms with van der Waals surface area (Å²) in [6.45, 7) is 4.34. The van der Waals surface area contributed by atoms with E-state index in [1.165, 1.54) is 11.0 Å². The maximum Gasteiger partial charge on any atom is 0.227 e. The average Bonchev–Trinajstić information content (AvgIpc) is 2.85. The highest BCUT2D eigenvalue weighted by Gasteiger charge is 2.23. The number of halogens is 1. The van der Waals surface area contributed by atoms with Gasteiger partial charge in [-0.3, -0.25) is 4.79 Å². The molecular formula is C27H28FN3O2. The number of aromatic hydroxyl groups is 1. The summed E-state index contributed by atoms with van der Waals surface area (Å²) < 4.78 is 15.0. The van der Waals surface area contributed by atoms with Crippen molar-refractivity contribution in [2.75, 3.05) is 42.5 Å². The highest BCUT2D eigenvalue weighted by molar-refractivity contribution is 5.94. The zero-order valence-corrected chi connectivity index (χ0v) is 18.6. The van der Waals surface area contributed by atoms with Gasteiger partial charge in [-0.25, -0.2) is 4.39 Å². The molecular weight excluding hydrogens is 417 g/mol. The summed E-state index contributed by atoms with van der Waals surface area (Å²) in [5.74, 6) is -0.369. The minimum Gasteiger partial charge on any atom is -0.507 e. The number of nitrogens with zero attached hydrogens (tertiary/aromatic N) is 2. The number of rotatable bonds is 4. The number of piperazine rings is 1. The fourth-order valence-corrected chi connectivity index (χ4v) is 4.76. The van der Waals surface area contributed by atoms with Gasteiger partial charge in [0.15, 0.2) is 0 Å². The van der Waals surface area contributed by atoms with Crippen LogP contribution in [-0.4, -0.2) is 43.7 Å². The first kappa shape index (κ1) is 21.5. The number of hydrogen-bond donors (Lipinski definition) is 2. The van der Waals surface area contributed by atoms with Crippen molar-refractivity contribution in [3.8, 4) is 28.0 Å². The van der Waals surface area contributed by atoms with E-state index in [1.807, 2.05) is 24.3 Å². The van der Waals surface area contributed by atoms with E-state index in [2.05, 4.69) is 22.3 Å². The summed E-state index contributed by atoms with van der Waals surface area (Å²) in [6, 6.07) is 18.5. The molecule has 0 radical (unpaired) electrons. The van der Waals surface area contributed by atoms with Crippen LogP contribution >= 0.6 is 0 Å². The molecule has 5 nitrogen and oxygen atoms in total. The Labute approximate surface area is 193 Å². The molecule has 5 rings (SSSR count). The van der Waals surface area contributed by atoms with Crippen LogP contribution in [0.25, 0.3) is 22.3 Å². The molecule has 0 unspecified atom stereocenters. The highest BCUT2D eigenvalue weighted by atomic mass is 19.1. The number of carbonyl (C=O) groups is 1. The lowest BCUT2D eigenvalue weighted by Gasteiger charge is -2.29. The van der Waals surface area contributed by atoms with Gasteiger partial charge in [0.1, 0.15) is 11.6 Å². The first-order valence-corrected chi connectivity index (χ1v) is 11.6. The predicted octanol–water partition coefficient (Wildman–Crippen LogP) is 4.79. The molecule has 2 N–H and O–H groups in total. The Balaban J connectivity index is 1.47. The third-order valence-electron chi connectivity index (χ3n) is 6.55. The van der Waals surface area contributed by atoms with E-state index in [0.29, 0.717) is 35.3 Å². The number of nitrogens with one attached hydrogen (secondary N) is 1. The molecule has 2 fully saturated rings. The smallest absolute Gasteiger partial charge is 0.227 e. The van der Waals surface area contributed by atoms with Crippen LogP contribution < -0.4 is 15.1 Å². The quantitative estimate of drug-likeness (QED) is 0.606. The first-order chi connectivity index (χ1) is 16.1. The van der Waals surface area contributed by atoms with Crippen molar-refractivity contribution in [1.29, 1.82) is 0 Å². The number of benzene rings is 3. The Morgan fingerprint density at radius 3 is 2.30 bits per heavy atom. The van der Waals surface area contributed by atoms with Gasteiger partial charge in [-0.05, 0) is 48.2 Å². The van der Waals surface area contributed by atoms with Crippen LogP contribution in [-0.2, 0) is 4.79 Å². The van der Waals surface area contributed by atoms with Gasteiger partial charge in [0.25, 0.3) is 0 Å². The Hall–Kier alpha value is -3.38. The number of carbonyl (C=O) groups excluding carboxylic acids is 1. The van der Waals surface area contributed by atoms with E-state index in [0.717, 1.165) is 50.3 Å². The molecule has 2 aliphatic heterocycles. The predicted molar refractivity (Wildman–Crippen MR) is 130 cm³/mol. The number of amides is 1. The van der Waals surface area contributed by atoms with E-state index in [4.69, 9.17) is 0 Å². The minimum absolute atomic E-state index is 0.0397. The van der Waals surface area contributed by atoms with E-state index in [-0.39, 0.29) is 11.7 Å². The SMILES string of the molecule is O=C1CCCCN1c1ccc(-c2cccc(-c3cccc(N4CCNCC4)c3)c2O)cc1F. The normalized spacial score (nSPS) is 16.8. The van der Waals surface area contributed by atoms with Crippen LogP contribution in [0.3, 0.4) is 0 Å². The van der Waals surface area contributed by atoms with Gasteiger partial charge in [0, 0.05) is 56.0 Å². The molecule has 2 aliphatic rings. The summed E-state index contributed by atoms with van der Waals surface area (Å²) in [5, 5.41) is 14.5. The maximum absolute atomic E-state index is 15.0. The molecule has 170 valence electrons. The average molecular weight is 446 g/mol. The Morgan fingerprint density at radius 1 is 0.848 bits per heavy atom. The van der Waals surface area contributed by atoms with Crippen LogP contribution in [0.5, 0.6) is 5.75 Å². The molecule has 2 saturated heterocycles. The fourth-order valence-electron chi connectivity index (χ4n) is 4.76. The third-order valence-corrected chi connectivity index (χ3v) is 6.55. The van der Waals surface area contributed by atoms with Crippen molar-refractivity contribution in [3.63, 3.8) is 0 Å². The van der Waals surface area contributed by atoms with Gasteiger partial charge >= 0.3 is 0 Å². The molecule has 0 aromatic heterocycles. The topological polar surface area (TPSA) is 55.8 Å².